The van der Waals surface area contributed by atoms with E-state index in [1.807, 2.05) is 0 Å². The standard InChI is InChI=1S/C14H13N3O3S/c15-14(21)17-16-7-9-5-8(1-4-12(9)19)11-3-2-10(18)6-13(11)20/h1-7,18-20H,(H3,15,17,21)/b16-7+. The number of hydrogen-bond acceptors (Lipinski definition) is 5. The minimum Gasteiger partial charge on any atom is -0.508 e. The molecule has 108 valence electrons. The SMILES string of the molecule is NC(=S)N/N=C/c1cc(-c2ccc(O)cc2O)ccc1O. The van der Waals surface area contributed by atoms with Gasteiger partial charge in [-0.3, -0.25) is 5.43 Å². The summed E-state index contributed by atoms with van der Waals surface area (Å²) in [6.07, 6.45) is 1.36. The first kappa shape index (κ1) is 14.6. The topological polar surface area (TPSA) is 111 Å². The molecule has 0 amide bonds. The van der Waals surface area contributed by atoms with Gasteiger partial charge in [-0.2, -0.15) is 5.10 Å². The quantitative estimate of drug-likeness (QED) is 0.335. The largest absolute Gasteiger partial charge is 0.508 e. The summed E-state index contributed by atoms with van der Waals surface area (Å²) in [5.41, 5.74) is 9.21. The highest BCUT2D eigenvalue weighted by Crippen LogP contribution is 2.33. The molecule has 0 aliphatic carbocycles. The average Bonchev–Trinajstić information content (AvgIpc) is 2.41. The Labute approximate surface area is 126 Å². The van der Waals surface area contributed by atoms with Crippen LogP contribution in [0, 0.1) is 0 Å². The Morgan fingerprint density at radius 3 is 2.52 bits per heavy atom. The Balaban J connectivity index is 2.38. The molecule has 6 nitrogen and oxygen atoms in total. The Hall–Kier alpha value is -2.80. The van der Waals surface area contributed by atoms with Crippen molar-refractivity contribution in [3.8, 4) is 28.4 Å². The van der Waals surface area contributed by atoms with Crippen LogP contribution in [0.15, 0.2) is 41.5 Å². The number of phenols is 3. The van der Waals surface area contributed by atoms with Crippen molar-refractivity contribution in [2.45, 2.75) is 0 Å². The molecule has 7 heteroatoms. The minimum atomic E-state index is -0.0650. The monoisotopic (exact) mass is 303 g/mol. The summed E-state index contributed by atoms with van der Waals surface area (Å²) in [6.45, 7) is 0. The summed E-state index contributed by atoms with van der Waals surface area (Å²) < 4.78 is 0. The van der Waals surface area contributed by atoms with Crippen LogP contribution in [0.25, 0.3) is 11.1 Å². The molecule has 21 heavy (non-hydrogen) atoms. The molecule has 2 rings (SSSR count). The van der Waals surface area contributed by atoms with Gasteiger partial charge in [-0.25, -0.2) is 0 Å². The molecule has 0 aliphatic rings. The second-order valence-electron chi connectivity index (χ2n) is 4.21. The summed E-state index contributed by atoms with van der Waals surface area (Å²) in [6, 6.07) is 9.02. The van der Waals surface area contributed by atoms with Gasteiger partial charge in [0.2, 0.25) is 0 Å². The molecule has 0 unspecified atom stereocenters. The number of rotatable bonds is 3. The second-order valence-corrected chi connectivity index (χ2v) is 4.65. The molecule has 0 saturated carbocycles. The van der Waals surface area contributed by atoms with E-state index in [0.29, 0.717) is 16.7 Å². The zero-order chi connectivity index (χ0) is 15.4. The first-order valence-corrected chi connectivity index (χ1v) is 6.32. The van der Waals surface area contributed by atoms with Crippen molar-refractivity contribution in [3.63, 3.8) is 0 Å². The third kappa shape index (κ3) is 3.61. The first-order valence-electron chi connectivity index (χ1n) is 5.91. The second kappa shape index (κ2) is 6.10. The molecule has 0 heterocycles. The van der Waals surface area contributed by atoms with Crippen molar-refractivity contribution in [2.75, 3.05) is 0 Å². The van der Waals surface area contributed by atoms with Crippen LogP contribution in [0.2, 0.25) is 0 Å². The first-order chi connectivity index (χ1) is 9.97. The number of benzene rings is 2. The van der Waals surface area contributed by atoms with E-state index in [-0.39, 0.29) is 22.4 Å². The van der Waals surface area contributed by atoms with Crippen LogP contribution in [0.3, 0.4) is 0 Å². The predicted octanol–water partition coefficient (Wildman–Crippen LogP) is 1.64. The molecule has 0 spiro atoms. The predicted molar refractivity (Wildman–Crippen MR) is 84.4 cm³/mol. The van der Waals surface area contributed by atoms with Gasteiger partial charge in [0.25, 0.3) is 0 Å². The highest BCUT2D eigenvalue weighted by Gasteiger charge is 2.08. The lowest BCUT2D eigenvalue weighted by atomic mass is 10.0. The Morgan fingerprint density at radius 1 is 1.10 bits per heavy atom. The smallest absolute Gasteiger partial charge is 0.184 e. The van der Waals surface area contributed by atoms with Gasteiger partial charge in [-0.1, -0.05) is 6.07 Å². The Morgan fingerprint density at radius 2 is 1.86 bits per heavy atom. The fourth-order valence-electron chi connectivity index (χ4n) is 1.76. The molecular weight excluding hydrogens is 290 g/mol. The van der Waals surface area contributed by atoms with Crippen molar-refractivity contribution in [2.24, 2.45) is 10.8 Å². The van der Waals surface area contributed by atoms with Gasteiger partial charge in [-0.15, -0.1) is 0 Å². The number of nitrogens with zero attached hydrogens (tertiary/aromatic N) is 1. The van der Waals surface area contributed by atoms with Gasteiger partial charge in [-0.05, 0) is 42.0 Å². The third-order valence-corrected chi connectivity index (χ3v) is 2.79. The maximum Gasteiger partial charge on any atom is 0.184 e. The van der Waals surface area contributed by atoms with Crippen molar-refractivity contribution in [1.29, 1.82) is 0 Å². The van der Waals surface area contributed by atoms with Gasteiger partial charge >= 0.3 is 0 Å². The molecule has 0 aliphatic heterocycles. The van der Waals surface area contributed by atoms with Crippen LogP contribution < -0.4 is 11.2 Å². The van der Waals surface area contributed by atoms with E-state index in [9.17, 15) is 15.3 Å². The number of nitrogens with one attached hydrogen (secondary N) is 1. The van der Waals surface area contributed by atoms with Gasteiger partial charge in [0.15, 0.2) is 5.11 Å². The third-order valence-electron chi connectivity index (χ3n) is 2.70. The van der Waals surface area contributed by atoms with Gasteiger partial charge in [0.1, 0.15) is 17.2 Å². The molecule has 0 radical (unpaired) electrons. The van der Waals surface area contributed by atoms with E-state index in [4.69, 9.17) is 5.73 Å². The number of hydrogen-bond donors (Lipinski definition) is 5. The van der Waals surface area contributed by atoms with Crippen LogP contribution in [-0.2, 0) is 0 Å². The van der Waals surface area contributed by atoms with Gasteiger partial charge in [0, 0.05) is 17.2 Å². The Bertz CT molecular complexity index is 717. The fraction of sp³-hybridized carbons (Fsp3) is 0. The minimum absolute atomic E-state index is 0.0121. The summed E-state index contributed by atoms with van der Waals surface area (Å²) in [5, 5.41) is 32.7. The van der Waals surface area contributed by atoms with Crippen LogP contribution in [0.1, 0.15) is 5.56 Å². The number of nitrogens with two attached hydrogens (primary N) is 1. The molecule has 0 atom stereocenters. The number of thiocarbonyl (C=S) groups is 1. The number of aromatic hydroxyl groups is 3. The van der Waals surface area contributed by atoms with E-state index in [1.54, 1.807) is 18.2 Å². The fourth-order valence-corrected chi connectivity index (χ4v) is 1.81. The van der Waals surface area contributed by atoms with Gasteiger partial charge < -0.3 is 21.1 Å². The van der Waals surface area contributed by atoms with Crippen LogP contribution in [-0.4, -0.2) is 26.6 Å². The lowest BCUT2D eigenvalue weighted by molar-refractivity contribution is 0.451. The normalized spacial score (nSPS) is 10.7. The van der Waals surface area contributed by atoms with E-state index in [0.717, 1.165) is 0 Å². The number of hydrazone groups is 1. The van der Waals surface area contributed by atoms with Crippen molar-refractivity contribution in [1.82, 2.24) is 5.43 Å². The van der Waals surface area contributed by atoms with Crippen LogP contribution in [0.5, 0.6) is 17.2 Å². The lowest BCUT2D eigenvalue weighted by Crippen LogP contribution is -2.23. The molecule has 0 saturated heterocycles. The molecule has 2 aromatic rings. The zero-order valence-electron chi connectivity index (χ0n) is 10.8. The van der Waals surface area contributed by atoms with Crippen LogP contribution >= 0.6 is 12.2 Å². The van der Waals surface area contributed by atoms with Crippen LogP contribution in [0.4, 0.5) is 0 Å². The van der Waals surface area contributed by atoms with Gasteiger partial charge in [0.05, 0.1) is 6.21 Å². The highest BCUT2D eigenvalue weighted by atomic mass is 32.1. The molecule has 0 fully saturated rings. The van der Waals surface area contributed by atoms with E-state index < -0.39 is 0 Å². The van der Waals surface area contributed by atoms with E-state index in [1.165, 1.54) is 24.4 Å². The lowest BCUT2D eigenvalue weighted by Gasteiger charge is -2.07. The summed E-state index contributed by atoms with van der Waals surface area (Å²) in [4.78, 5) is 0. The zero-order valence-corrected chi connectivity index (χ0v) is 11.6. The summed E-state index contributed by atoms with van der Waals surface area (Å²) in [7, 11) is 0. The maximum atomic E-state index is 9.85. The maximum absolute atomic E-state index is 9.85. The van der Waals surface area contributed by atoms with E-state index >= 15 is 0 Å². The number of phenolic OH excluding ortho intramolecular Hbond substituents is 3. The van der Waals surface area contributed by atoms with Crippen molar-refractivity contribution >= 4 is 23.5 Å². The summed E-state index contributed by atoms with van der Waals surface area (Å²) >= 11 is 4.61. The highest BCUT2D eigenvalue weighted by molar-refractivity contribution is 7.80. The molecule has 6 N–H and O–H groups in total. The summed E-state index contributed by atoms with van der Waals surface area (Å²) in [5.74, 6) is -0.0761. The Kier molecular flexibility index (Phi) is 4.24. The van der Waals surface area contributed by atoms with Crippen molar-refractivity contribution in [3.05, 3.63) is 42.0 Å². The molecule has 0 aromatic heterocycles. The van der Waals surface area contributed by atoms with E-state index in [2.05, 4.69) is 22.7 Å². The molecule has 2 aromatic carbocycles. The van der Waals surface area contributed by atoms with Crippen molar-refractivity contribution < 1.29 is 15.3 Å². The molecule has 0 bridgehead atoms. The molecular formula is C14H13N3O3S. The average molecular weight is 303 g/mol.